The number of nitrogens with two attached hydrogens (primary N) is 1. The summed E-state index contributed by atoms with van der Waals surface area (Å²) in [5, 5.41) is 3.12. The first-order chi connectivity index (χ1) is 13.0. The number of fused-ring (bicyclic) bond motifs is 2. The van der Waals surface area contributed by atoms with Crippen molar-refractivity contribution < 1.29 is 9.59 Å². The molecule has 1 aromatic rings. The molecular weight excluding hydrogens is 338 g/mol. The summed E-state index contributed by atoms with van der Waals surface area (Å²) in [5.41, 5.74) is 8.71. The average molecular weight is 370 g/mol. The predicted octanol–water partition coefficient (Wildman–Crippen LogP) is 3.32. The lowest BCUT2D eigenvalue weighted by Gasteiger charge is -2.43. The number of carbonyl (C=O) groups is 2. The first kappa shape index (κ1) is 18.5. The van der Waals surface area contributed by atoms with E-state index in [9.17, 15) is 9.59 Å². The van der Waals surface area contributed by atoms with Gasteiger partial charge in [-0.15, -0.1) is 0 Å². The number of carbonyl (C=O) groups excluding carboxylic acids is 2. The normalized spacial score (nSPS) is 30.2. The van der Waals surface area contributed by atoms with Crippen LogP contribution in [0, 0.1) is 24.7 Å². The van der Waals surface area contributed by atoms with Crippen molar-refractivity contribution in [2.24, 2.45) is 23.5 Å². The topological polar surface area (TPSA) is 75.4 Å². The Kier molecular flexibility index (Phi) is 5.22. The molecular formula is C22H31N3O2. The number of likely N-dealkylation sites (tertiary alicyclic amines) is 1. The van der Waals surface area contributed by atoms with Gasteiger partial charge in [0.25, 0.3) is 5.91 Å². The van der Waals surface area contributed by atoms with Crippen LogP contribution >= 0.6 is 0 Å². The highest BCUT2D eigenvalue weighted by molar-refractivity contribution is 6.00. The van der Waals surface area contributed by atoms with Gasteiger partial charge in [-0.05, 0) is 75.0 Å². The van der Waals surface area contributed by atoms with Crippen molar-refractivity contribution in [1.82, 2.24) is 4.90 Å². The molecule has 1 aliphatic heterocycles. The first-order valence-electron chi connectivity index (χ1n) is 10.5. The van der Waals surface area contributed by atoms with Gasteiger partial charge in [-0.1, -0.05) is 12.5 Å². The van der Waals surface area contributed by atoms with Crippen LogP contribution in [0.2, 0.25) is 0 Å². The van der Waals surface area contributed by atoms with Crippen LogP contribution in [0.1, 0.15) is 60.9 Å². The number of rotatable bonds is 3. The summed E-state index contributed by atoms with van der Waals surface area (Å²) in [6.07, 6.45) is 7.50. The highest BCUT2D eigenvalue weighted by Gasteiger charge is 2.40. The predicted molar refractivity (Wildman–Crippen MR) is 106 cm³/mol. The lowest BCUT2D eigenvalue weighted by atomic mass is 9.65. The van der Waals surface area contributed by atoms with E-state index >= 15 is 0 Å². The molecule has 0 aromatic heterocycles. The summed E-state index contributed by atoms with van der Waals surface area (Å²) in [4.78, 5) is 27.6. The summed E-state index contributed by atoms with van der Waals surface area (Å²) in [5.74, 6) is 1.18. The van der Waals surface area contributed by atoms with Crippen molar-refractivity contribution in [3.63, 3.8) is 0 Å². The Balaban J connectivity index is 1.47. The van der Waals surface area contributed by atoms with Crippen LogP contribution in [0.3, 0.4) is 0 Å². The molecule has 2 unspecified atom stereocenters. The van der Waals surface area contributed by atoms with Gasteiger partial charge in [-0.3, -0.25) is 9.59 Å². The monoisotopic (exact) mass is 369 g/mol. The van der Waals surface area contributed by atoms with Gasteiger partial charge in [0, 0.05) is 36.3 Å². The van der Waals surface area contributed by atoms with Gasteiger partial charge in [0.2, 0.25) is 5.91 Å². The molecule has 3 N–H and O–H groups in total. The van der Waals surface area contributed by atoms with Crippen molar-refractivity contribution in [2.45, 2.75) is 57.9 Å². The maximum atomic E-state index is 12.9. The molecule has 2 amide bonds. The van der Waals surface area contributed by atoms with Gasteiger partial charge in [-0.25, -0.2) is 0 Å². The number of anilines is 1. The van der Waals surface area contributed by atoms with E-state index in [4.69, 9.17) is 5.73 Å². The van der Waals surface area contributed by atoms with Crippen molar-refractivity contribution in [1.29, 1.82) is 0 Å². The van der Waals surface area contributed by atoms with Crippen LogP contribution in [0.5, 0.6) is 0 Å². The third-order valence-electron chi connectivity index (χ3n) is 7.00. The highest BCUT2D eigenvalue weighted by atomic mass is 16.2. The van der Waals surface area contributed by atoms with Crippen LogP contribution < -0.4 is 11.1 Å². The van der Waals surface area contributed by atoms with Gasteiger partial charge >= 0.3 is 0 Å². The van der Waals surface area contributed by atoms with E-state index in [2.05, 4.69) is 5.32 Å². The molecule has 2 saturated carbocycles. The Hall–Kier alpha value is -1.88. The highest BCUT2D eigenvalue weighted by Crippen LogP contribution is 2.42. The molecule has 1 heterocycles. The number of nitrogens with zero attached hydrogens (tertiary/aromatic N) is 1. The second-order valence-electron chi connectivity index (χ2n) is 8.66. The smallest absolute Gasteiger partial charge is 0.254 e. The molecule has 2 aliphatic carbocycles. The molecule has 2 bridgehead atoms. The molecule has 5 heteroatoms. The van der Waals surface area contributed by atoms with Crippen LogP contribution in [0.15, 0.2) is 18.2 Å². The maximum absolute atomic E-state index is 12.9. The van der Waals surface area contributed by atoms with E-state index in [1.54, 1.807) is 0 Å². The van der Waals surface area contributed by atoms with Crippen LogP contribution in [0.4, 0.5) is 5.69 Å². The lowest BCUT2D eigenvalue weighted by molar-refractivity contribution is -0.122. The van der Waals surface area contributed by atoms with Crippen LogP contribution in [0.25, 0.3) is 0 Å². The quantitative estimate of drug-likeness (QED) is 0.858. The molecule has 5 nitrogen and oxygen atoms in total. The zero-order valence-corrected chi connectivity index (χ0v) is 16.2. The Morgan fingerprint density at radius 2 is 1.74 bits per heavy atom. The maximum Gasteiger partial charge on any atom is 0.254 e. The van der Waals surface area contributed by atoms with E-state index in [-0.39, 0.29) is 23.8 Å². The molecule has 0 radical (unpaired) electrons. The lowest BCUT2D eigenvalue weighted by Crippen LogP contribution is -2.48. The SMILES string of the molecule is Cc1c(NC(=O)C2CC3CCCC(C2)C3N)cccc1C(=O)N1CCCC1. The van der Waals surface area contributed by atoms with Gasteiger partial charge in [0.15, 0.2) is 0 Å². The fraction of sp³-hybridized carbons (Fsp3) is 0.636. The second kappa shape index (κ2) is 7.63. The Labute approximate surface area is 161 Å². The number of benzene rings is 1. The first-order valence-corrected chi connectivity index (χ1v) is 10.5. The van der Waals surface area contributed by atoms with Crippen molar-refractivity contribution in [3.05, 3.63) is 29.3 Å². The summed E-state index contributed by atoms with van der Waals surface area (Å²) in [6, 6.07) is 5.92. The van der Waals surface area contributed by atoms with E-state index in [1.807, 2.05) is 30.0 Å². The minimum Gasteiger partial charge on any atom is -0.339 e. The molecule has 146 valence electrons. The molecule has 4 rings (SSSR count). The fourth-order valence-corrected chi connectivity index (χ4v) is 5.33. The van der Waals surface area contributed by atoms with E-state index in [0.717, 1.165) is 62.9 Å². The fourth-order valence-electron chi connectivity index (χ4n) is 5.33. The van der Waals surface area contributed by atoms with Crippen LogP contribution in [-0.4, -0.2) is 35.8 Å². The molecule has 0 spiro atoms. The molecule has 3 aliphatic rings. The Bertz CT molecular complexity index is 712. The van der Waals surface area contributed by atoms with Crippen molar-refractivity contribution in [2.75, 3.05) is 18.4 Å². The molecule has 3 fully saturated rings. The molecule has 2 atom stereocenters. The second-order valence-corrected chi connectivity index (χ2v) is 8.66. The van der Waals surface area contributed by atoms with Crippen molar-refractivity contribution >= 4 is 17.5 Å². The van der Waals surface area contributed by atoms with Gasteiger partial charge in [0.1, 0.15) is 0 Å². The van der Waals surface area contributed by atoms with Gasteiger partial charge in [-0.2, -0.15) is 0 Å². The van der Waals surface area contributed by atoms with Crippen LogP contribution in [-0.2, 0) is 4.79 Å². The zero-order chi connectivity index (χ0) is 19.0. The largest absolute Gasteiger partial charge is 0.339 e. The minimum absolute atomic E-state index is 0.0393. The number of hydrogen-bond donors (Lipinski definition) is 2. The number of amides is 2. The van der Waals surface area contributed by atoms with E-state index < -0.39 is 0 Å². The molecule has 27 heavy (non-hydrogen) atoms. The summed E-state index contributed by atoms with van der Waals surface area (Å²) in [6.45, 7) is 3.60. The molecule has 1 aromatic carbocycles. The standard InChI is InChI=1S/C22H31N3O2/c1-14-18(22(27)25-10-2-3-11-25)8-5-9-19(14)24-21(26)17-12-15-6-4-7-16(13-17)20(15)23/h5,8-9,15-17,20H,2-4,6-7,10-13,23H2,1H3,(H,24,26). The third-order valence-corrected chi connectivity index (χ3v) is 7.00. The summed E-state index contributed by atoms with van der Waals surface area (Å²) < 4.78 is 0. The minimum atomic E-state index is 0.0393. The number of nitrogens with one attached hydrogen (secondary N) is 1. The zero-order valence-electron chi connectivity index (χ0n) is 16.2. The van der Waals surface area contributed by atoms with Crippen molar-refractivity contribution in [3.8, 4) is 0 Å². The third kappa shape index (κ3) is 3.62. The summed E-state index contributed by atoms with van der Waals surface area (Å²) in [7, 11) is 0. The average Bonchev–Trinajstić information content (AvgIpc) is 3.17. The Morgan fingerprint density at radius 1 is 1.07 bits per heavy atom. The van der Waals surface area contributed by atoms with Gasteiger partial charge < -0.3 is 16.0 Å². The Morgan fingerprint density at radius 3 is 2.41 bits per heavy atom. The summed E-state index contributed by atoms with van der Waals surface area (Å²) >= 11 is 0. The van der Waals surface area contributed by atoms with E-state index in [1.165, 1.54) is 6.42 Å². The number of hydrogen-bond acceptors (Lipinski definition) is 3. The molecule has 1 saturated heterocycles. The van der Waals surface area contributed by atoms with E-state index in [0.29, 0.717) is 17.4 Å². The van der Waals surface area contributed by atoms with Gasteiger partial charge in [0.05, 0.1) is 0 Å².